The van der Waals surface area contributed by atoms with Gasteiger partial charge in [-0.15, -0.1) is 0 Å². The third kappa shape index (κ3) is 1.82. The van der Waals surface area contributed by atoms with E-state index in [9.17, 15) is 14.7 Å². The molecule has 0 aromatic carbocycles. The Morgan fingerprint density at radius 3 is 2.75 bits per heavy atom. The zero-order chi connectivity index (χ0) is 17.2. The lowest BCUT2D eigenvalue weighted by atomic mass is 9.74. The van der Waals surface area contributed by atoms with Crippen LogP contribution < -0.4 is 0 Å². The maximum atomic E-state index is 12.2. The van der Waals surface area contributed by atoms with Gasteiger partial charge in [-0.3, -0.25) is 9.59 Å². The van der Waals surface area contributed by atoms with E-state index >= 15 is 0 Å². The van der Waals surface area contributed by atoms with Crippen molar-refractivity contribution >= 4 is 11.9 Å². The molecule has 0 saturated carbocycles. The molecule has 24 heavy (non-hydrogen) atoms. The normalized spacial score (nSPS) is 49.5. The fourth-order valence-corrected chi connectivity index (χ4v) is 4.61. The molecule has 0 amide bonds. The van der Waals surface area contributed by atoms with Crippen LogP contribution in [0.1, 0.15) is 6.92 Å². The molecule has 1 spiro atoms. The molecule has 132 valence electrons. The van der Waals surface area contributed by atoms with Gasteiger partial charge in [0, 0.05) is 13.0 Å². The van der Waals surface area contributed by atoms with E-state index in [1.165, 1.54) is 21.1 Å². The van der Waals surface area contributed by atoms with E-state index < -0.39 is 54.2 Å². The Hall–Kier alpha value is -1.48. The summed E-state index contributed by atoms with van der Waals surface area (Å²) < 4.78 is 27.6. The second-order valence-electron chi connectivity index (χ2n) is 6.72. The first-order valence-electron chi connectivity index (χ1n) is 7.96. The van der Waals surface area contributed by atoms with Crippen LogP contribution in [0.2, 0.25) is 0 Å². The van der Waals surface area contributed by atoms with Crippen molar-refractivity contribution in [1.29, 1.82) is 0 Å². The molecular formula is C16H20O8. The summed E-state index contributed by atoms with van der Waals surface area (Å²) in [4.78, 5) is 24.5. The van der Waals surface area contributed by atoms with Gasteiger partial charge in [-0.1, -0.05) is 6.08 Å². The third-order valence-corrected chi connectivity index (χ3v) is 5.61. The Labute approximate surface area is 138 Å². The first-order chi connectivity index (χ1) is 11.4. The summed E-state index contributed by atoms with van der Waals surface area (Å²) in [6.45, 7) is 1.53. The van der Waals surface area contributed by atoms with E-state index in [2.05, 4.69) is 0 Å². The van der Waals surface area contributed by atoms with Gasteiger partial charge in [0.1, 0.15) is 17.9 Å². The van der Waals surface area contributed by atoms with E-state index in [4.69, 9.17) is 23.7 Å². The number of carbonyl (C=O) groups is 2. The predicted octanol–water partition coefficient (Wildman–Crippen LogP) is -0.402. The Bertz CT molecular complexity index is 601. The monoisotopic (exact) mass is 340 g/mol. The number of allylic oxidation sites excluding steroid dienone is 1. The van der Waals surface area contributed by atoms with Crippen LogP contribution in [0.3, 0.4) is 0 Å². The van der Waals surface area contributed by atoms with Crippen molar-refractivity contribution in [3.63, 3.8) is 0 Å². The highest BCUT2D eigenvalue weighted by Crippen LogP contribution is 2.59. The van der Waals surface area contributed by atoms with Crippen LogP contribution in [-0.4, -0.2) is 61.7 Å². The Morgan fingerprint density at radius 1 is 1.38 bits per heavy atom. The topological polar surface area (TPSA) is 101 Å². The summed E-state index contributed by atoms with van der Waals surface area (Å²) in [5, 5.41) is 9.96. The number of rotatable bonds is 3. The largest absolute Gasteiger partial charge is 0.469 e. The quantitative estimate of drug-likeness (QED) is 0.547. The van der Waals surface area contributed by atoms with Crippen LogP contribution in [0.4, 0.5) is 0 Å². The van der Waals surface area contributed by atoms with Gasteiger partial charge in [0.05, 0.1) is 19.1 Å². The maximum Gasteiger partial charge on any atom is 0.315 e. The minimum atomic E-state index is -1.01. The number of aliphatic hydroxyl groups is 1. The molecule has 0 aromatic heterocycles. The lowest BCUT2D eigenvalue weighted by molar-refractivity contribution is -0.295. The van der Waals surface area contributed by atoms with Crippen LogP contribution in [0.5, 0.6) is 0 Å². The molecule has 0 radical (unpaired) electrons. The van der Waals surface area contributed by atoms with E-state index in [1.54, 1.807) is 6.08 Å². The van der Waals surface area contributed by atoms with Gasteiger partial charge in [0.2, 0.25) is 0 Å². The molecule has 3 aliphatic heterocycles. The third-order valence-electron chi connectivity index (χ3n) is 5.61. The van der Waals surface area contributed by atoms with Gasteiger partial charge < -0.3 is 28.8 Å². The van der Waals surface area contributed by atoms with E-state index in [-0.39, 0.29) is 11.8 Å². The zero-order valence-corrected chi connectivity index (χ0v) is 13.6. The van der Waals surface area contributed by atoms with Gasteiger partial charge >= 0.3 is 11.9 Å². The Kier molecular flexibility index (Phi) is 3.51. The summed E-state index contributed by atoms with van der Waals surface area (Å²) in [7, 11) is 2.76. The second-order valence-corrected chi connectivity index (χ2v) is 6.72. The molecule has 4 aliphatic rings. The fraction of sp³-hybridized carbons (Fsp3) is 0.750. The average molecular weight is 340 g/mol. The molecule has 8 nitrogen and oxygen atoms in total. The smallest absolute Gasteiger partial charge is 0.315 e. The lowest BCUT2D eigenvalue weighted by Gasteiger charge is -2.41. The number of hydrogen-bond acceptors (Lipinski definition) is 8. The molecule has 1 N–H and O–H groups in total. The van der Waals surface area contributed by atoms with Crippen molar-refractivity contribution in [2.75, 3.05) is 14.2 Å². The molecule has 0 bridgehead atoms. The van der Waals surface area contributed by atoms with Gasteiger partial charge in [-0.2, -0.15) is 0 Å². The van der Waals surface area contributed by atoms with Crippen LogP contribution in [0.25, 0.3) is 0 Å². The van der Waals surface area contributed by atoms with Crippen LogP contribution in [-0.2, 0) is 33.3 Å². The van der Waals surface area contributed by atoms with Crippen LogP contribution >= 0.6 is 0 Å². The Balaban J connectivity index is 1.73. The molecule has 3 saturated heterocycles. The number of aliphatic hydroxyl groups excluding tert-OH is 1. The standard InChI is InChI=1S/C16H20O8/c1-6(17)8-11-16(24-13(8)19)5-4-7-9(12(18)20-2)14(21-3)23-15(22-11)10(7)16/h4-11,14-15,17H,1-3H3. The van der Waals surface area contributed by atoms with Crippen LogP contribution in [0.15, 0.2) is 12.2 Å². The average Bonchev–Trinajstić information content (AvgIpc) is 3.14. The predicted molar refractivity (Wildman–Crippen MR) is 76.2 cm³/mol. The van der Waals surface area contributed by atoms with Crippen molar-refractivity contribution in [1.82, 2.24) is 0 Å². The number of esters is 2. The molecule has 3 heterocycles. The fourth-order valence-electron chi connectivity index (χ4n) is 4.61. The van der Waals surface area contributed by atoms with Crippen molar-refractivity contribution in [3.8, 4) is 0 Å². The first-order valence-corrected chi connectivity index (χ1v) is 7.96. The molecule has 1 aliphatic carbocycles. The van der Waals surface area contributed by atoms with Gasteiger partial charge in [0.25, 0.3) is 0 Å². The summed E-state index contributed by atoms with van der Waals surface area (Å²) >= 11 is 0. The molecule has 3 fully saturated rings. The summed E-state index contributed by atoms with van der Waals surface area (Å²) in [6.07, 6.45) is 0.545. The van der Waals surface area contributed by atoms with Crippen LogP contribution in [0, 0.1) is 23.7 Å². The number of methoxy groups -OCH3 is 2. The summed E-state index contributed by atoms with van der Waals surface area (Å²) in [5.41, 5.74) is -1.01. The number of ether oxygens (including phenoxy) is 5. The molecule has 8 heteroatoms. The molecule has 0 aromatic rings. The molecular weight excluding hydrogens is 320 g/mol. The van der Waals surface area contributed by atoms with Gasteiger partial charge in [0.15, 0.2) is 18.2 Å². The highest BCUT2D eigenvalue weighted by Gasteiger charge is 2.74. The minimum absolute atomic E-state index is 0.299. The van der Waals surface area contributed by atoms with Gasteiger partial charge in [-0.25, -0.2) is 0 Å². The zero-order valence-electron chi connectivity index (χ0n) is 13.6. The number of hydrogen-bond donors (Lipinski definition) is 1. The maximum absolute atomic E-state index is 12.2. The molecule has 9 unspecified atom stereocenters. The van der Waals surface area contributed by atoms with Crippen molar-refractivity contribution in [2.45, 2.75) is 37.3 Å². The lowest BCUT2D eigenvalue weighted by Crippen LogP contribution is -2.53. The summed E-state index contributed by atoms with van der Waals surface area (Å²) in [6, 6.07) is 0. The van der Waals surface area contributed by atoms with Gasteiger partial charge in [-0.05, 0) is 13.0 Å². The highest BCUT2D eigenvalue weighted by atomic mass is 16.8. The highest BCUT2D eigenvalue weighted by molar-refractivity contribution is 5.79. The van der Waals surface area contributed by atoms with Crippen molar-refractivity contribution < 1.29 is 38.4 Å². The van der Waals surface area contributed by atoms with Crippen molar-refractivity contribution in [2.24, 2.45) is 23.7 Å². The molecule has 4 rings (SSSR count). The number of carbonyl (C=O) groups excluding carboxylic acids is 2. The minimum Gasteiger partial charge on any atom is -0.469 e. The van der Waals surface area contributed by atoms with E-state index in [0.29, 0.717) is 0 Å². The Morgan fingerprint density at radius 2 is 2.12 bits per heavy atom. The van der Waals surface area contributed by atoms with E-state index in [0.717, 1.165) is 0 Å². The van der Waals surface area contributed by atoms with E-state index in [1.807, 2.05) is 6.08 Å². The molecule has 9 atom stereocenters. The van der Waals surface area contributed by atoms with Crippen molar-refractivity contribution in [3.05, 3.63) is 12.2 Å². The second kappa shape index (κ2) is 5.26. The SMILES string of the molecule is COC(=O)C1C(OC)OC2OC3C(C(C)O)C(=O)OC34C=CC1C24. The summed E-state index contributed by atoms with van der Waals surface area (Å²) in [5.74, 6) is -3.09. The first kappa shape index (κ1) is 16.0.